The van der Waals surface area contributed by atoms with Gasteiger partial charge in [-0.3, -0.25) is 14.9 Å². The van der Waals surface area contributed by atoms with Crippen LogP contribution in [0.5, 0.6) is 5.75 Å². The fourth-order valence-corrected chi connectivity index (χ4v) is 5.72. The summed E-state index contributed by atoms with van der Waals surface area (Å²) in [6.07, 6.45) is -0.220. The monoisotopic (exact) mass is 556 g/mol. The first-order valence-electron chi connectivity index (χ1n) is 12.2. The molecule has 2 N–H and O–H groups in total. The molecule has 0 saturated carbocycles. The minimum atomic E-state index is -0.926. The van der Waals surface area contributed by atoms with Crippen LogP contribution in [-0.4, -0.2) is 66.8 Å². The van der Waals surface area contributed by atoms with Crippen molar-refractivity contribution in [3.8, 4) is 5.75 Å². The number of morpholine rings is 1. The number of benzene rings is 2. The van der Waals surface area contributed by atoms with Gasteiger partial charge in [0, 0.05) is 49.1 Å². The maximum absolute atomic E-state index is 14.9. The first kappa shape index (κ1) is 26.9. The fraction of sp³-hybridized carbons (Fsp3) is 0.296. The lowest BCUT2D eigenvalue weighted by Crippen LogP contribution is -2.56. The van der Waals surface area contributed by atoms with Crippen LogP contribution in [0.1, 0.15) is 33.2 Å². The lowest BCUT2D eigenvalue weighted by atomic mass is 9.94. The molecule has 0 unspecified atom stereocenters. The predicted molar refractivity (Wildman–Crippen MR) is 140 cm³/mol. The van der Waals surface area contributed by atoms with Crippen LogP contribution in [0.15, 0.2) is 58.4 Å². The molecule has 0 bridgehead atoms. The summed E-state index contributed by atoms with van der Waals surface area (Å²) >= 11 is 1.41. The van der Waals surface area contributed by atoms with Crippen molar-refractivity contribution < 1.29 is 27.8 Å². The van der Waals surface area contributed by atoms with E-state index in [2.05, 4.69) is 10.3 Å². The Kier molecular flexibility index (Phi) is 7.69. The van der Waals surface area contributed by atoms with Crippen molar-refractivity contribution in [2.24, 2.45) is 0 Å². The summed E-state index contributed by atoms with van der Waals surface area (Å²) in [4.78, 5) is 44.8. The van der Waals surface area contributed by atoms with Crippen molar-refractivity contribution in [1.29, 1.82) is 0 Å². The first-order valence-corrected chi connectivity index (χ1v) is 13.2. The number of pyridine rings is 1. The number of amides is 2. The van der Waals surface area contributed by atoms with Gasteiger partial charge in [0.2, 0.25) is 11.2 Å². The van der Waals surface area contributed by atoms with E-state index in [0.29, 0.717) is 5.56 Å². The molecule has 39 heavy (non-hydrogen) atoms. The standard InChI is InChI=1S/C27H26F2N4O5S/c1-32(2)27(36)38-25-19(34)9-10-30-24(25)26(35)33-11-12-37-13-21(33)31-23-15-7-8-18(28)22(29)17(15)14-39-20-6-4-3-5-16(20)23/h3-10,21,23,31H,11-14H2,1-2H3,(H,30,34)/t21-,23-/m0/s1. The second kappa shape index (κ2) is 11.2. The Morgan fingerprint density at radius 1 is 1.15 bits per heavy atom. The molecule has 2 aromatic carbocycles. The van der Waals surface area contributed by atoms with Gasteiger partial charge in [-0.1, -0.05) is 24.3 Å². The van der Waals surface area contributed by atoms with E-state index in [0.717, 1.165) is 27.5 Å². The number of thioether (sulfide) groups is 1. The van der Waals surface area contributed by atoms with Crippen LogP contribution in [0.2, 0.25) is 0 Å². The molecular formula is C27H26F2N4O5S. The fourth-order valence-electron chi connectivity index (χ4n) is 4.60. The second-order valence-corrected chi connectivity index (χ2v) is 10.3. The quantitative estimate of drug-likeness (QED) is 0.507. The van der Waals surface area contributed by atoms with Crippen LogP contribution in [-0.2, 0) is 10.5 Å². The second-order valence-electron chi connectivity index (χ2n) is 9.25. The van der Waals surface area contributed by atoms with E-state index < -0.39 is 47.0 Å². The van der Waals surface area contributed by atoms with E-state index in [4.69, 9.17) is 9.47 Å². The molecule has 3 heterocycles. The highest BCUT2D eigenvalue weighted by atomic mass is 32.2. The van der Waals surface area contributed by atoms with Crippen LogP contribution in [0, 0.1) is 11.6 Å². The lowest BCUT2D eigenvalue weighted by Gasteiger charge is -2.38. The largest absolute Gasteiger partial charge is 0.414 e. The molecule has 9 nitrogen and oxygen atoms in total. The topological polar surface area (TPSA) is 104 Å². The van der Waals surface area contributed by atoms with Gasteiger partial charge >= 0.3 is 6.09 Å². The molecule has 2 aliphatic rings. The number of halogens is 2. The summed E-state index contributed by atoms with van der Waals surface area (Å²) < 4.78 is 40.0. The Morgan fingerprint density at radius 2 is 1.95 bits per heavy atom. The molecule has 3 aromatic rings. The molecule has 0 radical (unpaired) electrons. The highest BCUT2D eigenvalue weighted by molar-refractivity contribution is 7.98. The van der Waals surface area contributed by atoms with Crippen LogP contribution in [0.25, 0.3) is 0 Å². The van der Waals surface area contributed by atoms with Gasteiger partial charge in [0.05, 0.1) is 19.3 Å². The molecule has 2 atom stereocenters. The minimum absolute atomic E-state index is 0.0977. The van der Waals surface area contributed by atoms with E-state index >= 15 is 0 Å². The van der Waals surface area contributed by atoms with E-state index in [1.165, 1.54) is 37.0 Å². The van der Waals surface area contributed by atoms with Crippen LogP contribution in [0.3, 0.4) is 0 Å². The van der Waals surface area contributed by atoms with Crippen molar-refractivity contribution in [2.75, 3.05) is 33.9 Å². The van der Waals surface area contributed by atoms with Gasteiger partial charge in [-0.05, 0) is 23.3 Å². The summed E-state index contributed by atoms with van der Waals surface area (Å²) in [5.41, 5.74) is 0.827. The number of hydrogen-bond acceptors (Lipinski definition) is 7. The van der Waals surface area contributed by atoms with Crippen molar-refractivity contribution >= 4 is 23.8 Å². The summed E-state index contributed by atoms with van der Waals surface area (Å²) in [5, 5.41) is 3.42. The highest BCUT2D eigenvalue weighted by Gasteiger charge is 2.35. The third kappa shape index (κ3) is 5.27. The zero-order chi connectivity index (χ0) is 27.7. The number of H-pyrrole nitrogens is 1. The van der Waals surface area contributed by atoms with Gasteiger partial charge in [0.1, 0.15) is 6.17 Å². The number of hydrogen-bond donors (Lipinski definition) is 2. The number of carbonyl (C=O) groups excluding carboxylic acids is 2. The lowest BCUT2D eigenvalue weighted by molar-refractivity contribution is -0.0151. The number of nitrogens with zero attached hydrogens (tertiary/aromatic N) is 2. The zero-order valence-corrected chi connectivity index (χ0v) is 22.0. The summed E-state index contributed by atoms with van der Waals surface area (Å²) in [7, 11) is 2.91. The van der Waals surface area contributed by atoms with E-state index in [-0.39, 0.29) is 36.8 Å². The maximum Gasteiger partial charge on any atom is 0.414 e. The zero-order valence-electron chi connectivity index (χ0n) is 21.2. The predicted octanol–water partition coefficient (Wildman–Crippen LogP) is 3.50. The van der Waals surface area contributed by atoms with Gasteiger partial charge in [0.15, 0.2) is 17.3 Å². The molecule has 1 saturated heterocycles. The van der Waals surface area contributed by atoms with Gasteiger partial charge in [-0.2, -0.15) is 0 Å². The number of aromatic nitrogens is 1. The summed E-state index contributed by atoms with van der Waals surface area (Å²) in [6, 6.07) is 10.8. The average Bonchev–Trinajstić information content (AvgIpc) is 3.09. The number of nitrogens with one attached hydrogen (secondary N) is 2. The van der Waals surface area contributed by atoms with Crippen LogP contribution >= 0.6 is 11.8 Å². The summed E-state index contributed by atoms with van der Waals surface area (Å²) in [5.74, 6) is -2.59. The van der Waals surface area contributed by atoms with Crippen molar-refractivity contribution in [2.45, 2.75) is 22.9 Å². The maximum atomic E-state index is 14.9. The van der Waals surface area contributed by atoms with Gasteiger partial charge in [-0.15, -0.1) is 11.8 Å². The van der Waals surface area contributed by atoms with Crippen molar-refractivity contribution in [3.05, 3.63) is 92.9 Å². The Hall–Kier alpha value is -3.74. The first-order chi connectivity index (χ1) is 18.8. The van der Waals surface area contributed by atoms with E-state index in [1.54, 1.807) is 6.07 Å². The number of rotatable bonds is 4. The molecule has 204 valence electrons. The molecule has 2 amide bonds. The Balaban J connectivity index is 1.52. The molecule has 1 aromatic heterocycles. The molecular weight excluding hydrogens is 530 g/mol. The van der Waals surface area contributed by atoms with Gasteiger partial charge in [-0.25, -0.2) is 13.6 Å². The minimum Gasteiger partial charge on any atom is -0.404 e. The van der Waals surface area contributed by atoms with Crippen LogP contribution in [0.4, 0.5) is 13.6 Å². The summed E-state index contributed by atoms with van der Waals surface area (Å²) in [6.45, 7) is 0.504. The normalized spacial score (nSPS) is 18.5. The highest BCUT2D eigenvalue weighted by Crippen LogP contribution is 2.41. The Labute approximate surface area is 227 Å². The van der Waals surface area contributed by atoms with Gasteiger partial charge in [0.25, 0.3) is 5.91 Å². The number of fused-ring (bicyclic) bond motifs is 2. The molecule has 1 fully saturated rings. The van der Waals surface area contributed by atoms with Crippen LogP contribution < -0.4 is 15.5 Å². The molecule has 0 spiro atoms. The van der Waals surface area contributed by atoms with E-state index in [1.807, 2.05) is 24.3 Å². The SMILES string of the molecule is CN(C)C(=O)Oc1c(C(=O)N2CCOC[C@H]2N[C@@H]2c3ccccc3SCc3c2ccc(F)c3F)[nH]ccc1=O. The number of carbonyl (C=O) groups is 2. The molecule has 0 aliphatic carbocycles. The molecule has 5 rings (SSSR count). The molecule has 12 heteroatoms. The molecule has 2 aliphatic heterocycles. The van der Waals surface area contributed by atoms with E-state index in [9.17, 15) is 23.2 Å². The average molecular weight is 557 g/mol. The number of ether oxygens (including phenoxy) is 2. The third-order valence-electron chi connectivity index (χ3n) is 6.58. The Morgan fingerprint density at radius 3 is 2.74 bits per heavy atom. The number of aromatic amines is 1. The van der Waals surface area contributed by atoms with Gasteiger partial charge < -0.3 is 24.3 Å². The van der Waals surface area contributed by atoms with Crippen molar-refractivity contribution in [3.63, 3.8) is 0 Å². The smallest absolute Gasteiger partial charge is 0.404 e. The third-order valence-corrected chi connectivity index (χ3v) is 7.69. The Bertz CT molecular complexity index is 1480. The van der Waals surface area contributed by atoms with Crippen molar-refractivity contribution in [1.82, 2.24) is 20.1 Å².